The van der Waals surface area contributed by atoms with Crippen LogP contribution in [0.4, 0.5) is 10.5 Å². The largest absolute Gasteiger partial charge is 0.491 e. The van der Waals surface area contributed by atoms with Crippen molar-refractivity contribution in [2.75, 3.05) is 44.8 Å². The molecule has 0 aromatic heterocycles. The fourth-order valence-electron chi connectivity index (χ4n) is 4.51. The van der Waals surface area contributed by atoms with Gasteiger partial charge in [-0.15, -0.1) is 0 Å². The van der Waals surface area contributed by atoms with Gasteiger partial charge in [-0.3, -0.25) is 10.2 Å². The summed E-state index contributed by atoms with van der Waals surface area (Å²) in [5.41, 5.74) is 0.682. The molecule has 0 spiro atoms. The molecule has 1 N–H and O–H groups in total. The Labute approximate surface area is 187 Å². The van der Waals surface area contributed by atoms with E-state index in [2.05, 4.69) is 17.1 Å². The van der Waals surface area contributed by atoms with Gasteiger partial charge >= 0.3 is 6.09 Å². The first-order valence-corrected chi connectivity index (χ1v) is 12.3. The minimum Gasteiger partial charge on any atom is -0.491 e. The van der Waals surface area contributed by atoms with Gasteiger partial charge in [0.25, 0.3) is 0 Å². The Balaban J connectivity index is 1.47. The van der Waals surface area contributed by atoms with E-state index >= 15 is 0 Å². The highest BCUT2D eigenvalue weighted by molar-refractivity contribution is 5.86. The number of hydrogen-bond acceptors (Lipinski definition) is 5. The maximum absolute atomic E-state index is 12.7. The number of carbonyl (C=O) groups is 1. The van der Waals surface area contributed by atoms with Crippen LogP contribution in [0.1, 0.15) is 64.7 Å². The van der Waals surface area contributed by atoms with E-state index in [-0.39, 0.29) is 12.2 Å². The fourth-order valence-corrected chi connectivity index (χ4v) is 4.51. The van der Waals surface area contributed by atoms with Crippen molar-refractivity contribution in [3.63, 3.8) is 0 Å². The third-order valence-corrected chi connectivity index (χ3v) is 6.32. The summed E-state index contributed by atoms with van der Waals surface area (Å²) in [5.74, 6) is 1.11. The van der Waals surface area contributed by atoms with Crippen LogP contribution in [-0.2, 0) is 9.47 Å². The second kappa shape index (κ2) is 13.6. The van der Waals surface area contributed by atoms with E-state index in [0.717, 1.165) is 58.5 Å². The minimum absolute atomic E-state index is 0.0248. The summed E-state index contributed by atoms with van der Waals surface area (Å²) in [4.78, 5) is 15.1. The molecule has 1 aliphatic heterocycles. The average molecular weight is 433 g/mol. The van der Waals surface area contributed by atoms with Gasteiger partial charge in [0.2, 0.25) is 0 Å². The van der Waals surface area contributed by atoms with Crippen molar-refractivity contribution in [1.82, 2.24) is 4.90 Å². The molecule has 2 fully saturated rings. The number of carbonyl (C=O) groups excluding carboxylic acids is 1. The highest BCUT2D eigenvalue weighted by Gasteiger charge is 2.30. The van der Waals surface area contributed by atoms with Crippen molar-refractivity contribution >= 4 is 11.8 Å². The topological polar surface area (TPSA) is 60.0 Å². The molecule has 1 aromatic carbocycles. The molecule has 1 heterocycles. The Bertz CT molecular complexity index is 648. The smallest absolute Gasteiger partial charge is 0.412 e. The van der Waals surface area contributed by atoms with Crippen LogP contribution in [0, 0.1) is 5.92 Å². The number of morpholine rings is 1. The van der Waals surface area contributed by atoms with Crippen molar-refractivity contribution in [2.45, 2.75) is 70.8 Å². The van der Waals surface area contributed by atoms with E-state index in [4.69, 9.17) is 14.2 Å². The zero-order valence-corrected chi connectivity index (χ0v) is 19.2. The van der Waals surface area contributed by atoms with E-state index in [1.807, 2.05) is 24.3 Å². The van der Waals surface area contributed by atoms with Crippen LogP contribution in [0.3, 0.4) is 0 Å². The summed E-state index contributed by atoms with van der Waals surface area (Å²) >= 11 is 0. The van der Waals surface area contributed by atoms with Gasteiger partial charge in [0.05, 0.1) is 25.5 Å². The number of nitrogens with zero attached hydrogens (tertiary/aromatic N) is 1. The lowest BCUT2D eigenvalue weighted by Crippen LogP contribution is -2.44. The molecule has 6 heteroatoms. The van der Waals surface area contributed by atoms with E-state index in [0.29, 0.717) is 24.0 Å². The summed E-state index contributed by atoms with van der Waals surface area (Å²) in [6.07, 6.45) is 9.97. The molecule has 174 valence electrons. The summed E-state index contributed by atoms with van der Waals surface area (Å²) in [6, 6.07) is 7.62. The predicted octanol–water partition coefficient (Wildman–Crippen LogP) is 5.48. The monoisotopic (exact) mass is 432 g/mol. The van der Waals surface area contributed by atoms with Gasteiger partial charge in [-0.05, 0) is 37.8 Å². The molecule has 1 aromatic rings. The number of unbranched alkanes of at least 4 members (excludes halogenated alkanes) is 4. The third kappa shape index (κ3) is 8.34. The Morgan fingerprint density at radius 3 is 2.71 bits per heavy atom. The number of nitrogens with one attached hydrogen (secondary N) is 1. The van der Waals surface area contributed by atoms with Gasteiger partial charge in [0.15, 0.2) is 0 Å². The number of anilines is 1. The average Bonchev–Trinajstić information content (AvgIpc) is 2.79. The lowest BCUT2D eigenvalue weighted by molar-refractivity contribution is -0.00352. The lowest BCUT2D eigenvalue weighted by Gasteiger charge is -2.36. The van der Waals surface area contributed by atoms with Crippen molar-refractivity contribution in [2.24, 2.45) is 5.92 Å². The number of rotatable bonds is 11. The maximum Gasteiger partial charge on any atom is 0.412 e. The summed E-state index contributed by atoms with van der Waals surface area (Å²) < 4.78 is 17.3. The van der Waals surface area contributed by atoms with Gasteiger partial charge < -0.3 is 14.2 Å². The SMILES string of the molecule is CCCCCCCOc1ccccc1NC(=O)O[C@H]1CCCC[C@H]1CN1CCOCC1. The fraction of sp³-hybridized carbons (Fsp3) is 0.720. The zero-order chi connectivity index (χ0) is 21.7. The molecule has 1 saturated carbocycles. The molecule has 0 bridgehead atoms. The third-order valence-electron chi connectivity index (χ3n) is 6.32. The Morgan fingerprint density at radius 1 is 1.10 bits per heavy atom. The Kier molecular flexibility index (Phi) is 10.5. The molecule has 1 aliphatic carbocycles. The van der Waals surface area contributed by atoms with Gasteiger partial charge in [-0.25, -0.2) is 4.79 Å². The number of hydrogen-bond donors (Lipinski definition) is 1. The molecule has 2 aliphatic rings. The molecule has 3 rings (SSSR count). The van der Waals surface area contributed by atoms with Crippen molar-refractivity contribution < 1.29 is 19.0 Å². The molecule has 31 heavy (non-hydrogen) atoms. The molecule has 1 saturated heterocycles. The van der Waals surface area contributed by atoms with E-state index < -0.39 is 0 Å². The first kappa shape index (κ1) is 23.9. The number of para-hydroxylation sites is 2. The minimum atomic E-state index is -0.377. The Hall–Kier alpha value is -1.79. The van der Waals surface area contributed by atoms with Gasteiger partial charge in [-0.2, -0.15) is 0 Å². The molecular formula is C25H40N2O4. The number of ether oxygens (including phenoxy) is 3. The van der Waals surface area contributed by atoms with Crippen LogP contribution in [0.5, 0.6) is 5.75 Å². The number of benzene rings is 1. The zero-order valence-electron chi connectivity index (χ0n) is 19.2. The van der Waals surface area contributed by atoms with Crippen LogP contribution >= 0.6 is 0 Å². The van der Waals surface area contributed by atoms with Gasteiger partial charge in [0.1, 0.15) is 11.9 Å². The predicted molar refractivity (Wildman–Crippen MR) is 124 cm³/mol. The second-order valence-corrected chi connectivity index (χ2v) is 8.79. The second-order valence-electron chi connectivity index (χ2n) is 8.79. The van der Waals surface area contributed by atoms with E-state index in [9.17, 15) is 4.79 Å². The van der Waals surface area contributed by atoms with Crippen molar-refractivity contribution in [3.05, 3.63) is 24.3 Å². The lowest BCUT2D eigenvalue weighted by atomic mass is 9.86. The standard InChI is InChI=1S/C25H40N2O4/c1-2-3-4-5-10-17-30-24-14-9-7-12-22(24)26-25(28)31-23-13-8-6-11-21(23)20-27-15-18-29-19-16-27/h7,9,12,14,21,23H,2-6,8,10-11,13,15-20H2,1H3,(H,26,28)/t21-,23-/m0/s1. The molecule has 1 amide bonds. The highest BCUT2D eigenvalue weighted by atomic mass is 16.6. The van der Waals surface area contributed by atoms with Gasteiger partial charge in [0, 0.05) is 25.6 Å². The molecular weight excluding hydrogens is 392 g/mol. The number of amides is 1. The molecule has 0 radical (unpaired) electrons. The van der Waals surface area contributed by atoms with Gasteiger partial charge in [-0.1, -0.05) is 51.2 Å². The van der Waals surface area contributed by atoms with E-state index in [1.54, 1.807) is 0 Å². The van der Waals surface area contributed by atoms with Crippen LogP contribution < -0.4 is 10.1 Å². The normalized spacial score (nSPS) is 22.1. The van der Waals surface area contributed by atoms with Crippen molar-refractivity contribution in [3.8, 4) is 5.75 Å². The van der Waals surface area contributed by atoms with Crippen LogP contribution in [0.25, 0.3) is 0 Å². The first-order valence-electron chi connectivity index (χ1n) is 12.3. The Morgan fingerprint density at radius 2 is 1.87 bits per heavy atom. The van der Waals surface area contributed by atoms with Crippen LogP contribution in [0.2, 0.25) is 0 Å². The highest BCUT2D eigenvalue weighted by Crippen LogP contribution is 2.29. The van der Waals surface area contributed by atoms with Crippen LogP contribution in [0.15, 0.2) is 24.3 Å². The molecule has 0 unspecified atom stereocenters. The summed E-state index contributed by atoms with van der Waals surface area (Å²) in [5, 5.41) is 2.92. The first-order chi connectivity index (χ1) is 15.3. The molecule has 6 nitrogen and oxygen atoms in total. The maximum atomic E-state index is 12.7. The van der Waals surface area contributed by atoms with Crippen LogP contribution in [-0.4, -0.2) is 56.6 Å². The van der Waals surface area contributed by atoms with E-state index in [1.165, 1.54) is 32.1 Å². The summed E-state index contributed by atoms with van der Waals surface area (Å²) in [6.45, 7) is 7.41. The quantitative estimate of drug-likeness (QED) is 0.470. The molecule has 2 atom stereocenters. The van der Waals surface area contributed by atoms with Crippen molar-refractivity contribution in [1.29, 1.82) is 0 Å². The summed E-state index contributed by atoms with van der Waals surface area (Å²) in [7, 11) is 0.